The van der Waals surface area contributed by atoms with Gasteiger partial charge in [-0.2, -0.15) is 4.98 Å². The highest BCUT2D eigenvalue weighted by Gasteiger charge is 2.08. The highest BCUT2D eigenvalue weighted by Crippen LogP contribution is 2.21. The molecule has 1 aromatic carbocycles. The standard InChI is InChI=1S/C12H17N3O2/c1-3-16-7-8(2)14-12-15-10-6-9(13)4-5-11(10)17-12/h4-6,8H,3,7,13H2,1-2H3,(H,14,15). The number of nitrogen functional groups attached to an aromatic ring is 1. The van der Waals surface area contributed by atoms with Crippen LogP contribution < -0.4 is 11.1 Å². The van der Waals surface area contributed by atoms with Gasteiger partial charge in [-0.25, -0.2) is 0 Å². The molecule has 0 saturated carbocycles. The largest absolute Gasteiger partial charge is 0.424 e. The molecule has 1 aromatic heterocycles. The number of nitrogens with two attached hydrogens (primary N) is 1. The van der Waals surface area contributed by atoms with Crippen molar-refractivity contribution in [2.24, 2.45) is 0 Å². The maximum atomic E-state index is 5.68. The molecule has 0 radical (unpaired) electrons. The molecule has 0 saturated heterocycles. The van der Waals surface area contributed by atoms with Crippen molar-refractivity contribution in [3.63, 3.8) is 0 Å². The van der Waals surface area contributed by atoms with Crippen molar-refractivity contribution in [2.45, 2.75) is 19.9 Å². The van der Waals surface area contributed by atoms with Crippen molar-refractivity contribution >= 4 is 22.8 Å². The maximum absolute atomic E-state index is 5.68. The van der Waals surface area contributed by atoms with Crippen molar-refractivity contribution in [3.8, 4) is 0 Å². The van der Waals surface area contributed by atoms with E-state index in [9.17, 15) is 0 Å². The number of nitrogens with zero attached hydrogens (tertiary/aromatic N) is 1. The number of hydrogen-bond acceptors (Lipinski definition) is 5. The first-order chi connectivity index (χ1) is 8.19. The minimum absolute atomic E-state index is 0.153. The molecule has 0 aliphatic heterocycles. The summed E-state index contributed by atoms with van der Waals surface area (Å²) >= 11 is 0. The van der Waals surface area contributed by atoms with Gasteiger partial charge in [0, 0.05) is 12.3 Å². The lowest BCUT2D eigenvalue weighted by atomic mass is 10.3. The SMILES string of the molecule is CCOCC(C)Nc1nc2cc(N)ccc2o1. The average molecular weight is 235 g/mol. The monoisotopic (exact) mass is 235 g/mol. The van der Waals surface area contributed by atoms with E-state index >= 15 is 0 Å². The van der Waals surface area contributed by atoms with Crippen molar-refractivity contribution in [2.75, 3.05) is 24.3 Å². The third kappa shape index (κ3) is 2.88. The molecule has 2 aromatic rings. The van der Waals surface area contributed by atoms with Crippen LogP contribution in [0.4, 0.5) is 11.7 Å². The zero-order valence-electron chi connectivity index (χ0n) is 10.1. The maximum Gasteiger partial charge on any atom is 0.295 e. The highest BCUT2D eigenvalue weighted by molar-refractivity contribution is 5.78. The predicted molar refractivity (Wildman–Crippen MR) is 68.0 cm³/mol. The molecule has 1 atom stereocenters. The van der Waals surface area contributed by atoms with E-state index in [-0.39, 0.29) is 6.04 Å². The van der Waals surface area contributed by atoms with E-state index in [4.69, 9.17) is 14.9 Å². The average Bonchev–Trinajstić information content (AvgIpc) is 2.67. The molecule has 0 spiro atoms. The second kappa shape index (κ2) is 5.05. The van der Waals surface area contributed by atoms with E-state index in [0.29, 0.717) is 24.9 Å². The minimum Gasteiger partial charge on any atom is -0.424 e. The van der Waals surface area contributed by atoms with Crippen LogP contribution in [0.5, 0.6) is 0 Å². The summed E-state index contributed by atoms with van der Waals surface area (Å²) in [4.78, 5) is 4.31. The summed E-state index contributed by atoms with van der Waals surface area (Å²) in [5.41, 5.74) is 7.85. The Morgan fingerprint density at radius 2 is 2.35 bits per heavy atom. The lowest BCUT2D eigenvalue weighted by Gasteiger charge is -2.10. The molecule has 0 fully saturated rings. The number of hydrogen-bond donors (Lipinski definition) is 2. The number of anilines is 2. The molecule has 0 amide bonds. The number of aromatic nitrogens is 1. The Balaban J connectivity index is 2.08. The van der Waals surface area contributed by atoms with Crippen LogP contribution in [0.3, 0.4) is 0 Å². The Hall–Kier alpha value is -1.75. The fourth-order valence-electron chi connectivity index (χ4n) is 1.55. The van der Waals surface area contributed by atoms with Crippen LogP contribution in [0.2, 0.25) is 0 Å². The van der Waals surface area contributed by atoms with Crippen LogP contribution in [0.15, 0.2) is 22.6 Å². The Bertz CT molecular complexity index is 495. The van der Waals surface area contributed by atoms with Crippen LogP contribution in [0.1, 0.15) is 13.8 Å². The Morgan fingerprint density at radius 3 is 3.12 bits per heavy atom. The molecule has 0 aliphatic rings. The number of rotatable bonds is 5. The summed E-state index contributed by atoms with van der Waals surface area (Å²) in [6.45, 7) is 5.31. The van der Waals surface area contributed by atoms with E-state index in [2.05, 4.69) is 10.3 Å². The lowest BCUT2D eigenvalue weighted by Crippen LogP contribution is -2.21. The third-order valence-corrected chi connectivity index (χ3v) is 2.35. The van der Waals surface area contributed by atoms with Gasteiger partial charge in [0.05, 0.1) is 12.6 Å². The molecule has 1 heterocycles. The number of nitrogens with one attached hydrogen (secondary N) is 1. The zero-order chi connectivity index (χ0) is 12.3. The second-order valence-electron chi connectivity index (χ2n) is 3.95. The molecule has 92 valence electrons. The molecular formula is C12H17N3O2. The molecule has 1 unspecified atom stereocenters. The number of fused-ring (bicyclic) bond motifs is 1. The molecule has 5 heteroatoms. The van der Waals surface area contributed by atoms with Crippen LogP contribution in [-0.2, 0) is 4.74 Å². The van der Waals surface area contributed by atoms with Gasteiger partial charge in [0.1, 0.15) is 5.52 Å². The lowest BCUT2D eigenvalue weighted by molar-refractivity contribution is 0.141. The minimum atomic E-state index is 0.153. The van der Waals surface area contributed by atoms with E-state index in [1.54, 1.807) is 12.1 Å². The van der Waals surface area contributed by atoms with E-state index in [1.807, 2.05) is 19.9 Å². The van der Waals surface area contributed by atoms with E-state index in [1.165, 1.54) is 0 Å². The van der Waals surface area contributed by atoms with E-state index in [0.717, 1.165) is 11.1 Å². The van der Waals surface area contributed by atoms with Crippen LogP contribution in [0, 0.1) is 0 Å². The van der Waals surface area contributed by atoms with Gasteiger partial charge >= 0.3 is 0 Å². The first-order valence-corrected chi connectivity index (χ1v) is 5.69. The molecular weight excluding hydrogens is 218 g/mol. The van der Waals surface area contributed by atoms with Crippen molar-refractivity contribution in [3.05, 3.63) is 18.2 Å². The zero-order valence-corrected chi connectivity index (χ0v) is 10.1. The third-order valence-electron chi connectivity index (χ3n) is 2.35. The topological polar surface area (TPSA) is 73.3 Å². The number of oxazole rings is 1. The predicted octanol–water partition coefficient (Wildman–Crippen LogP) is 2.25. The fraction of sp³-hybridized carbons (Fsp3) is 0.417. The number of benzene rings is 1. The molecule has 2 rings (SSSR count). The quantitative estimate of drug-likeness (QED) is 0.777. The Morgan fingerprint density at radius 1 is 1.53 bits per heavy atom. The van der Waals surface area contributed by atoms with Crippen molar-refractivity contribution in [1.82, 2.24) is 4.98 Å². The first-order valence-electron chi connectivity index (χ1n) is 5.69. The van der Waals surface area contributed by atoms with Crippen molar-refractivity contribution < 1.29 is 9.15 Å². The van der Waals surface area contributed by atoms with Gasteiger partial charge in [0.2, 0.25) is 0 Å². The van der Waals surface area contributed by atoms with Gasteiger partial charge in [-0.15, -0.1) is 0 Å². The molecule has 3 N–H and O–H groups in total. The first kappa shape index (κ1) is 11.7. The van der Waals surface area contributed by atoms with E-state index < -0.39 is 0 Å². The van der Waals surface area contributed by atoms with Gasteiger partial charge in [-0.1, -0.05) is 0 Å². The second-order valence-corrected chi connectivity index (χ2v) is 3.95. The molecule has 5 nitrogen and oxygen atoms in total. The van der Waals surface area contributed by atoms with Crippen LogP contribution in [-0.4, -0.2) is 24.2 Å². The van der Waals surface area contributed by atoms with Gasteiger partial charge in [0.25, 0.3) is 6.01 Å². The molecule has 0 bridgehead atoms. The number of ether oxygens (including phenoxy) is 1. The van der Waals surface area contributed by atoms with Crippen molar-refractivity contribution in [1.29, 1.82) is 0 Å². The summed E-state index contributed by atoms with van der Waals surface area (Å²) in [5.74, 6) is 0. The Labute approximate surface area is 100.0 Å². The highest BCUT2D eigenvalue weighted by atomic mass is 16.5. The Kier molecular flexibility index (Phi) is 3.49. The summed E-state index contributed by atoms with van der Waals surface area (Å²) in [6.07, 6.45) is 0. The summed E-state index contributed by atoms with van der Waals surface area (Å²) < 4.78 is 10.8. The summed E-state index contributed by atoms with van der Waals surface area (Å²) in [5, 5.41) is 3.14. The smallest absolute Gasteiger partial charge is 0.295 e. The van der Waals surface area contributed by atoms with Gasteiger partial charge < -0.3 is 20.2 Å². The van der Waals surface area contributed by atoms with Crippen LogP contribution >= 0.6 is 0 Å². The fourth-order valence-corrected chi connectivity index (χ4v) is 1.55. The normalized spacial score (nSPS) is 12.8. The molecule has 0 aliphatic carbocycles. The van der Waals surface area contributed by atoms with Gasteiger partial charge in [-0.05, 0) is 32.0 Å². The van der Waals surface area contributed by atoms with Gasteiger partial charge in [-0.3, -0.25) is 0 Å². The summed E-state index contributed by atoms with van der Waals surface area (Å²) in [6, 6.07) is 6.05. The van der Waals surface area contributed by atoms with Crippen LogP contribution in [0.25, 0.3) is 11.1 Å². The van der Waals surface area contributed by atoms with Gasteiger partial charge in [0.15, 0.2) is 5.58 Å². The molecule has 17 heavy (non-hydrogen) atoms. The summed E-state index contributed by atoms with van der Waals surface area (Å²) in [7, 11) is 0.